The third kappa shape index (κ3) is 4.34. The molecule has 0 aliphatic carbocycles. The zero-order valence-electron chi connectivity index (χ0n) is 27.9. The molecule has 4 heteroatoms. The first-order valence-electron chi connectivity index (χ1n) is 17.5. The van der Waals surface area contributed by atoms with Crippen LogP contribution in [0.5, 0.6) is 0 Å². The monoisotopic (exact) mass is 667 g/mol. The highest BCUT2D eigenvalue weighted by molar-refractivity contribution is 6.17. The van der Waals surface area contributed by atoms with E-state index in [9.17, 15) is 0 Å². The molecule has 8 aromatic carbocycles. The molecule has 0 saturated heterocycles. The van der Waals surface area contributed by atoms with Gasteiger partial charge in [-0.1, -0.05) is 121 Å². The lowest BCUT2D eigenvalue weighted by Crippen LogP contribution is -2.10. The van der Waals surface area contributed by atoms with E-state index in [1.165, 1.54) is 0 Å². The van der Waals surface area contributed by atoms with Crippen molar-refractivity contribution in [1.82, 2.24) is 0 Å². The number of nitrogens with zero attached hydrogens (tertiary/aromatic N) is 1. The van der Waals surface area contributed by atoms with Crippen LogP contribution < -0.4 is 4.90 Å². The van der Waals surface area contributed by atoms with Crippen LogP contribution in [0.1, 0.15) is 0 Å². The minimum absolute atomic E-state index is 0.826. The molecule has 11 rings (SSSR count). The molecule has 0 spiro atoms. The average molecular weight is 668 g/mol. The molecular weight excluding hydrogens is 639 g/mol. The van der Waals surface area contributed by atoms with Gasteiger partial charge in [-0.15, -0.1) is 0 Å². The highest BCUT2D eigenvalue weighted by atomic mass is 16.3. The largest absolute Gasteiger partial charge is 0.456 e. The van der Waals surface area contributed by atoms with Gasteiger partial charge in [0.1, 0.15) is 27.9 Å². The van der Waals surface area contributed by atoms with Crippen molar-refractivity contribution in [3.05, 3.63) is 176 Å². The first kappa shape index (κ1) is 28.8. The fourth-order valence-electron chi connectivity index (χ4n) is 7.89. The van der Waals surface area contributed by atoms with Crippen molar-refractivity contribution < 1.29 is 13.3 Å². The Morgan fingerprint density at radius 2 is 0.923 bits per heavy atom. The van der Waals surface area contributed by atoms with Gasteiger partial charge in [-0.05, 0) is 71.3 Å². The second-order valence-corrected chi connectivity index (χ2v) is 13.2. The van der Waals surface area contributed by atoms with Gasteiger partial charge in [-0.25, -0.2) is 0 Å². The van der Waals surface area contributed by atoms with Crippen molar-refractivity contribution >= 4 is 82.9 Å². The quantitative estimate of drug-likeness (QED) is 0.183. The molecule has 0 radical (unpaired) electrons. The van der Waals surface area contributed by atoms with E-state index < -0.39 is 0 Å². The Kier molecular flexibility index (Phi) is 6.22. The Hall–Kier alpha value is -7.04. The van der Waals surface area contributed by atoms with Gasteiger partial charge >= 0.3 is 0 Å². The predicted molar refractivity (Wildman–Crippen MR) is 214 cm³/mol. The molecule has 0 saturated carbocycles. The van der Waals surface area contributed by atoms with Gasteiger partial charge in [0.05, 0.1) is 16.8 Å². The molecule has 0 amide bonds. The molecule has 0 unspecified atom stereocenters. The number of benzene rings is 8. The molecule has 0 aliphatic heterocycles. The van der Waals surface area contributed by atoms with Crippen LogP contribution in [0.4, 0.5) is 17.1 Å². The number of hydrogen-bond acceptors (Lipinski definition) is 4. The first-order valence-corrected chi connectivity index (χ1v) is 17.5. The van der Waals surface area contributed by atoms with Crippen LogP contribution in [0, 0.1) is 0 Å². The molecule has 0 bridgehead atoms. The Bertz CT molecular complexity index is 3130. The van der Waals surface area contributed by atoms with E-state index >= 15 is 0 Å². The van der Waals surface area contributed by atoms with E-state index in [-0.39, 0.29) is 0 Å². The summed E-state index contributed by atoms with van der Waals surface area (Å²) in [6.07, 6.45) is 0. The van der Waals surface area contributed by atoms with Gasteiger partial charge < -0.3 is 18.2 Å². The Balaban J connectivity index is 1.13. The summed E-state index contributed by atoms with van der Waals surface area (Å²) in [7, 11) is 0. The molecule has 0 atom stereocenters. The SMILES string of the molecule is c1ccc(-c2cccc3c2oc2c(N(c4ccc(-c5ccc6oc7ccccc7c6c5)cc4)c4cccc5oc6ccccc6c45)cccc23)cc1. The molecule has 0 N–H and O–H groups in total. The van der Waals surface area contributed by atoms with Crippen LogP contribution in [0.15, 0.2) is 189 Å². The van der Waals surface area contributed by atoms with E-state index in [4.69, 9.17) is 13.3 Å². The fraction of sp³-hybridized carbons (Fsp3) is 0. The van der Waals surface area contributed by atoms with Crippen LogP contribution in [0.3, 0.4) is 0 Å². The molecule has 11 aromatic rings. The van der Waals surface area contributed by atoms with E-state index in [0.29, 0.717) is 0 Å². The summed E-state index contributed by atoms with van der Waals surface area (Å²) in [6.45, 7) is 0. The summed E-state index contributed by atoms with van der Waals surface area (Å²) in [4.78, 5) is 2.31. The van der Waals surface area contributed by atoms with Crippen LogP contribution in [0.2, 0.25) is 0 Å². The maximum absolute atomic E-state index is 6.96. The van der Waals surface area contributed by atoms with Crippen LogP contribution in [-0.2, 0) is 0 Å². The summed E-state index contributed by atoms with van der Waals surface area (Å²) in [5.74, 6) is 0. The standard InChI is InChI=1S/C48H29NO3/c1-2-11-31(12-3-1)34-15-8-16-36-37-17-9-19-41(48(37)52-47(34)36)49(40-18-10-22-45-46(40)38-14-5-7-21-43(38)51-45)33-26-23-30(24-27-33)32-25-28-44-39(29-32)35-13-4-6-20-42(35)50-44/h1-29H. The van der Waals surface area contributed by atoms with Gasteiger partial charge in [-0.2, -0.15) is 0 Å². The zero-order valence-corrected chi connectivity index (χ0v) is 27.9. The topological polar surface area (TPSA) is 42.7 Å². The van der Waals surface area contributed by atoms with E-state index in [2.05, 4.69) is 144 Å². The van der Waals surface area contributed by atoms with Gasteiger partial charge in [-0.3, -0.25) is 0 Å². The van der Waals surface area contributed by atoms with Gasteiger partial charge in [0, 0.05) is 38.2 Å². The second kappa shape index (κ2) is 11.2. The van der Waals surface area contributed by atoms with Crippen molar-refractivity contribution in [2.45, 2.75) is 0 Å². The Morgan fingerprint density at radius 3 is 1.77 bits per heavy atom. The van der Waals surface area contributed by atoms with Crippen molar-refractivity contribution in [3.8, 4) is 22.3 Å². The van der Waals surface area contributed by atoms with E-state index in [1.807, 2.05) is 36.4 Å². The van der Waals surface area contributed by atoms with Gasteiger partial charge in [0.25, 0.3) is 0 Å². The fourth-order valence-corrected chi connectivity index (χ4v) is 7.89. The minimum Gasteiger partial charge on any atom is -0.456 e. The molecule has 3 heterocycles. The van der Waals surface area contributed by atoms with E-state index in [0.717, 1.165) is 105 Å². The third-order valence-corrected chi connectivity index (χ3v) is 10.3. The first-order chi connectivity index (χ1) is 25.8. The highest BCUT2D eigenvalue weighted by Crippen LogP contribution is 2.47. The summed E-state index contributed by atoms with van der Waals surface area (Å²) in [6, 6.07) is 61.3. The smallest absolute Gasteiger partial charge is 0.159 e. The summed E-state index contributed by atoms with van der Waals surface area (Å²) < 4.78 is 19.5. The summed E-state index contributed by atoms with van der Waals surface area (Å²) in [5.41, 5.74) is 12.6. The lowest BCUT2D eigenvalue weighted by atomic mass is 10.0. The minimum atomic E-state index is 0.826. The molecule has 4 nitrogen and oxygen atoms in total. The Morgan fingerprint density at radius 1 is 0.327 bits per heavy atom. The molecule has 52 heavy (non-hydrogen) atoms. The maximum Gasteiger partial charge on any atom is 0.159 e. The van der Waals surface area contributed by atoms with Gasteiger partial charge in [0.2, 0.25) is 0 Å². The highest BCUT2D eigenvalue weighted by Gasteiger charge is 2.24. The molecular formula is C48H29NO3. The molecule has 0 fully saturated rings. The van der Waals surface area contributed by atoms with Crippen molar-refractivity contribution in [2.75, 3.05) is 4.90 Å². The average Bonchev–Trinajstić information content (AvgIpc) is 3.90. The summed E-state index contributed by atoms with van der Waals surface area (Å²) >= 11 is 0. The number of furan rings is 3. The Labute approximate surface area is 298 Å². The van der Waals surface area contributed by atoms with Crippen molar-refractivity contribution in [2.24, 2.45) is 0 Å². The summed E-state index contributed by atoms with van der Waals surface area (Å²) in [5, 5.41) is 6.51. The van der Waals surface area contributed by atoms with Crippen molar-refractivity contribution in [3.63, 3.8) is 0 Å². The third-order valence-electron chi connectivity index (χ3n) is 10.3. The number of para-hydroxylation sites is 4. The second-order valence-electron chi connectivity index (χ2n) is 13.2. The predicted octanol–water partition coefficient (Wildman–Crippen LogP) is 14.2. The van der Waals surface area contributed by atoms with Crippen molar-refractivity contribution in [1.29, 1.82) is 0 Å². The normalized spacial score (nSPS) is 11.8. The van der Waals surface area contributed by atoms with E-state index in [1.54, 1.807) is 0 Å². The van der Waals surface area contributed by atoms with Gasteiger partial charge in [0.15, 0.2) is 5.58 Å². The maximum atomic E-state index is 6.96. The lowest BCUT2D eigenvalue weighted by molar-refractivity contribution is 0.668. The lowest BCUT2D eigenvalue weighted by Gasteiger charge is -2.26. The van der Waals surface area contributed by atoms with Crippen LogP contribution >= 0.6 is 0 Å². The molecule has 3 aromatic heterocycles. The van der Waals surface area contributed by atoms with Crippen LogP contribution in [0.25, 0.3) is 88.1 Å². The zero-order chi connectivity index (χ0) is 34.2. The molecule has 244 valence electrons. The number of fused-ring (bicyclic) bond motifs is 9. The molecule has 0 aliphatic rings. The number of rotatable bonds is 5. The number of hydrogen-bond donors (Lipinski definition) is 0. The number of anilines is 3. The van der Waals surface area contributed by atoms with Crippen LogP contribution in [-0.4, -0.2) is 0 Å².